The van der Waals surface area contributed by atoms with Crippen LogP contribution in [0.2, 0.25) is 0 Å². The van der Waals surface area contributed by atoms with Gasteiger partial charge in [-0.05, 0) is 43.7 Å². The molecule has 0 radical (unpaired) electrons. The topological polar surface area (TPSA) is 38.1 Å². The van der Waals surface area contributed by atoms with Crippen molar-refractivity contribution in [3.05, 3.63) is 63.9 Å². The van der Waals surface area contributed by atoms with E-state index in [9.17, 15) is 4.79 Å². The Morgan fingerprint density at radius 3 is 2.70 bits per heavy atom. The van der Waals surface area contributed by atoms with Gasteiger partial charge in [0.2, 0.25) is 0 Å². The lowest BCUT2D eigenvalue weighted by atomic mass is 9.99. The van der Waals surface area contributed by atoms with Gasteiger partial charge in [-0.15, -0.1) is 0 Å². The molecule has 0 atom stereocenters. The van der Waals surface area contributed by atoms with Gasteiger partial charge in [0.1, 0.15) is 0 Å². The summed E-state index contributed by atoms with van der Waals surface area (Å²) in [5.41, 5.74) is 4.37. The summed E-state index contributed by atoms with van der Waals surface area (Å²) >= 11 is 1.99. The molecule has 2 heterocycles. The number of thioether (sulfide) groups is 1. The van der Waals surface area contributed by atoms with Crippen molar-refractivity contribution in [3.8, 4) is 11.3 Å². The lowest BCUT2D eigenvalue weighted by Crippen LogP contribution is -2.35. The fourth-order valence-corrected chi connectivity index (χ4v) is 4.57. The highest BCUT2D eigenvalue weighted by molar-refractivity contribution is 7.99. The maximum absolute atomic E-state index is 13.1. The Kier molecular flexibility index (Phi) is 5.32. The first kappa shape index (κ1) is 18.3. The highest BCUT2D eigenvalue weighted by Crippen LogP contribution is 2.28. The maximum Gasteiger partial charge on any atom is 0.275 e. The van der Waals surface area contributed by atoms with E-state index in [2.05, 4.69) is 36.9 Å². The minimum absolute atomic E-state index is 0.00319. The number of aromatic nitrogens is 2. The second kappa shape index (κ2) is 7.87. The smallest absolute Gasteiger partial charge is 0.275 e. The van der Waals surface area contributed by atoms with Crippen LogP contribution in [0.5, 0.6) is 0 Å². The largest absolute Gasteiger partial charge is 0.283 e. The Hall–Kier alpha value is -2.11. The minimum atomic E-state index is -0.00319. The minimum Gasteiger partial charge on any atom is -0.283 e. The first-order chi connectivity index (χ1) is 13.1. The van der Waals surface area contributed by atoms with Gasteiger partial charge < -0.3 is 0 Å². The van der Waals surface area contributed by atoms with Crippen molar-refractivity contribution in [2.45, 2.75) is 26.9 Å². The van der Waals surface area contributed by atoms with Crippen molar-refractivity contribution in [1.82, 2.24) is 14.7 Å². The van der Waals surface area contributed by atoms with Crippen molar-refractivity contribution in [2.75, 3.05) is 24.6 Å². The summed E-state index contributed by atoms with van der Waals surface area (Å²) < 4.78 is 1.66. The van der Waals surface area contributed by atoms with Crippen molar-refractivity contribution in [1.29, 1.82) is 0 Å². The van der Waals surface area contributed by atoms with E-state index in [4.69, 9.17) is 5.10 Å². The molecule has 0 amide bonds. The van der Waals surface area contributed by atoms with E-state index in [1.165, 1.54) is 16.9 Å². The van der Waals surface area contributed by atoms with E-state index in [1.807, 2.05) is 36.0 Å². The van der Waals surface area contributed by atoms with E-state index >= 15 is 0 Å². The van der Waals surface area contributed by atoms with E-state index in [0.717, 1.165) is 47.3 Å². The Morgan fingerprint density at radius 2 is 1.85 bits per heavy atom. The Bertz CT molecular complexity index is 1020. The fraction of sp³-hybridized carbons (Fsp3) is 0.364. The average Bonchev–Trinajstić information content (AvgIpc) is 2.95. The van der Waals surface area contributed by atoms with E-state index in [1.54, 1.807) is 4.68 Å². The van der Waals surface area contributed by atoms with Crippen molar-refractivity contribution in [3.63, 3.8) is 0 Å². The van der Waals surface area contributed by atoms with Crippen molar-refractivity contribution >= 4 is 22.5 Å². The van der Waals surface area contributed by atoms with Crippen LogP contribution in [0.15, 0.2) is 47.3 Å². The van der Waals surface area contributed by atoms with Crippen LogP contribution < -0.4 is 5.56 Å². The first-order valence-electron chi connectivity index (χ1n) is 9.51. The molecule has 1 saturated heterocycles. The van der Waals surface area contributed by atoms with Gasteiger partial charge in [0.15, 0.2) is 0 Å². The molecule has 4 rings (SSSR count). The number of hydrogen-bond donors (Lipinski definition) is 0. The van der Waals surface area contributed by atoms with E-state index in [-0.39, 0.29) is 5.56 Å². The number of rotatable bonds is 3. The summed E-state index contributed by atoms with van der Waals surface area (Å²) in [5, 5.41) is 6.53. The molecule has 0 bridgehead atoms. The molecule has 0 unspecified atom stereocenters. The van der Waals surface area contributed by atoms with Crippen molar-refractivity contribution in [2.24, 2.45) is 0 Å². The summed E-state index contributed by atoms with van der Waals surface area (Å²) in [6.45, 7) is 6.78. The summed E-state index contributed by atoms with van der Waals surface area (Å²) in [6.07, 6.45) is 1.16. The maximum atomic E-state index is 13.1. The van der Waals surface area contributed by atoms with E-state index < -0.39 is 0 Å². The fourth-order valence-electron chi connectivity index (χ4n) is 3.65. The summed E-state index contributed by atoms with van der Waals surface area (Å²) in [6, 6.07) is 14.3. The molecular weight excluding hydrogens is 354 g/mol. The molecule has 0 spiro atoms. The van der Waals surface area contributed by atoms with Crippen LogP contribution >= 0.6 is 11.8 Å². The number of aryl methyl sites for hydroxylation is 2. The van der Waals surface area contributed by atoms with Gasteiger partial charge >= 0.3 is 0 Å². The molecule has 140 valence electrons. The first-order valence-corrected chi connectivity index (χ1v) is 10.7. The van der Waals surface area contributed by atoms with Crippen LogP contribution in [-0.2, 0) is 6.67 Å². The van der Waals surface area contributed by atoms with Crippen LogP contribution in [0.25, 0.3) is 22.0 Å². The molecule has 4 nitrogen and oxygen atoms in total. The average molecular weight is 380 g/mol. The molecule has 0 aliphatic carbocycles. The molecule has 0 saturated carbocycles. The lowest BCUT2D eigenvalue weighted by molar-refractivity contribution is 0.219. The zero-order valence-corrected chi connectivity index (χ0v) is 16.8. The summed E-state index contributed by atoms with van der Waals surface area (Å²) in [5.74, 6) is 2.32. The van der Waals surface area contributed by atoms with Gasteiger partial charge in [-0.25, -0.2) is 4.68 Å². The van der Waals surface area contributed by atoms with Crippen LogP contribution in [0.4, 0.5) is 0 Å². The third-order valence-corrected chi connectivity index (χ3v) is 6.21. The quantitative estimate of drug-likeness (QED) is 0.687. The summed E-state index contributed by atoms with van der Waals surface area (Å²) in [4.78, 5) is 15.4. The van der Waals surface area contributed by atoms with Crippen molar-refractivity contribution < 1.29 is 0 Å². The molecule has 5 heteroatoms. The molecule has 1 aliphatic heterocycles. The van der Waals surface area contributed by atoms with E-state index in [0.29, 0.717) is 6.67 Å². The monoisotopic (exact) mass is 379 g/mol. The number of nitrogens with zero attached hydrogens (tertiary/aromatic N) is 3. The van der Waals surface area contributed by atoms with Gasteiger partial charge in [0, 0.05) is 29.8 Å². The SMILES string of the molecule is Cc1ccc(C)c(-c2nn(CN3CCCSCC3)c(=O)c3ccccc23)c1. The lowest BCUT2D eigenvalue weighted by Gasteiger charge is -2.21. The Balaban J connectivity index is 1.86. The van der Waals surface area contributed by atoms with Gasteiger partial charge in [-0.1, -0.05) is 35.9 Å². The van der Waals surface area contributed by atoms with Crippen LogP contribution in [0, 0.1) is 13.8 Å². The predicted octanol–water partition coefficient (Wildman–Crippen LogP) is 4.08. The molecule has 2 aromatic carbocycles. The molecule has 1 fully saturated rings. The van der Waals surface area contributed by atoms with Crippen LogP contribution in [0.1, 0.15) is 17.5 Å². The predicted molar refractivity (Wildman–Crippen MR) is 114 cm³/mol. The molecular formula is C22H25N3OS. The Morgan fingerprint density at radius 1 is 1.04 bits per heavy atom. The molecule has 1 aliphatic rings. The van der Waals surface area contributed by atoms with Gasteiger partial charge in [0.05, 0.1) is 17.7 Å². The van der Waals surface area contributed by atoms with Crippen LogP contribution in [0.3, 0.4) is 0 Å². The second-order valence-electron chi connectivity index (χ2n) is 7.24. The van der Waals surface area contributed by atoms with Gasteiger partial charge in [0.25, 0.3) is 5.56 Å². The van der Waals surface area contributed by atoms with Gasteiger partial charge in [-0.2, -0.15) is 16.9 Å². The molecule has 0 N–H and O–H groups in total. The number of hydrogen-bond acceptors (Lipinski definition) is 4. The molecule has 3 aromatic rings. The molecule has 1 aromatic heterocycles. The van der Waals surface area contributed by atoms with Crippen LogP contribution in [-0.4, -0.2) is 39.3 Å². The summed E-state index contributed by atoms with van der Waals surface area (Å²) in [7, 11) is 0. The number of fused-ring (bicyclic) bond motifs is 1. The number of benzene rings is 2. The normalized spacial score (nSPS) is 15.8. The zero-order chi connectivity index (χ0) is 18.8. The standard InChI is InChI=1S/C22H25N3OS/c1-16-8-9-17(2)20(14-16)21-18-6-3-4-7-19(18)22(26)25(23-21)15-24-10-5-12-27-13-11-24/h3-4,6-9,14H,5,10-13,15H2,1-2H3. The highest BCUT2D eigenvalue weighted by Gasteiger charge is 2.16. The van der Waals surface area contributed by atoms with Gasteiger partial charge in [-0.3, -0.25) is 9.69 Å². The third kappa shape index (κ3) is 3.80. The molecule has 27 heavy (non-hydrogen) atoms. The third-order valence-electron chi connectivity index (χ3n) is 5.16. The Labute approximate surface area is 164 Å². The second-order valence-corrected chi connectivity index (χ2v) is 8.47. The zero-order valence-electron chi connectivity index (χ0n) is 15.9. The highest BCUT2D eigenvalue weighted by atomic mass is 32.2.